The van der Waals surface area contributed by atoms with Gasteiger partial charge < -0.3 is 0 Å². The van der Waals surface area contributed by atoms with E-state index in [4.69, 9.17) is 0 Å². The van der Waals surface area contributed by atoms with Crippen LogP contribution in [-0.4, -0.2) is 15.4 Å². The smallest absolute Gasteiger partial charge is 0.183 e. The number of nitrogens with zero attached hydrogens (tertiary/aromatic N) is 2. The predicted octanol–water partition coefficient (Wildman–Crippen LogP) is 2.24. The van der Waals surface area contributed by atoms with Gasteiger partial charge in [-0.1, -0.05) is 13.0 Å². The lowest BCUT2D eigenvalue weighted by Crippen LogP contribution is -1.99. The van der Waals surface area contributed by atoms with E-state index in [9.17, 15) is 4.79 Å². The van der Waals surface area contributed by atoms with Gasteiger partial charge in [-0.05, 0) is 19.1 Å². The first kappa shape index (κ1) is 8.94. The molecule has 0 spiro atoms. The fourth-order valence-corrected chi connectivity index (χ4v) is 1.55. The summed E-state index contributed by atoms with van der Waals surface area (Å²) in [4.78, 5) is 11.5. The van der Waals surface area contributed by atoms with E-state index in [-0.39, 0.29) is 5.78 Å². The predicted molar refractivity (Wildman–Crippen MR) is 54.6 cm³/mol. The summed E-state index contributed by atoms with van der Waals surface area (Å²) < 4.78 is 1.75. The molecule has 0 saturated carbocycles. The molecule has 0 atom stereocenters. The number of carbonyl (C=O) groups is 1. The Morgan fingerprint density at radius 3 is 2.93 bits per heavy atom. The molecule has 0 unspecified atom stereocenters. The van der Waals surface area contributed by atoms with Crippen LogP contribution in [-0.2, 0) is 0 Å². The summed E-state index contributed by atoms with van der Waals surface area (Å²) in [7, 11) is 0. The van der Waals surface area contributed by atoms with Crippen molar-refractivity contribution in [3.63, 3.8) is 0 Å². The number of pyridine rings is 1. The van der Waals surface area contributed by atoms with Gasteiger partial charge in [0, 0.05) is 18.2 Å². The van der Waals surface area contributed by atoms with E-state index in [1.165, 1.54) is 0 Å². The number of carbonyl (C=O) groups excluding carboxylic acids is 1. The van der Waals surface area contributed by atoms with Crippen molar-refractivity contribution in [2.24, 2.45) is 0 Å². The van der Waals surface area contributed by atoms with Gasteiger partial charge in [-0.15, -0.1) is 0 Å². The third-order valence-electron chi connectivity index (χ3n) is 2.37. The van der Waals surface area contributed by atoms with Crippen molar-refractivity contribution in [3.05, 3.63) is 35.7 Å². The van der Waals surface area contributed by atoms with Crippen LogP contribution in [0.25, 0.3) is 5.52 Å². The molecular weight excluding hydrogens is 176 g/mol. The van der Waals surface area contributed by atoms with Gasteiger partial charge in [0.15, 0.2) is 5.78 Å². The third kappa shape index (κ3) is 1.21. The van der Waals surface area contributed by atoms with Gasteiger partial charge in [-0.3, -0.25) is 4.79 Å². The minimum atomic E-state index is 0.103. The van der Waals surface area contributed by atoms with E-state index in [0.29, 0.717) is 12.1 Å². The van der Waals surface area contributed by atoms with Crippen molar-refractivity contribution in [1.29, 1.82) is 0 Å². The lowest BCUT2D eigenvalue weighted by molar-refractivity contribution is 0.0982. The van der Waals surface area contributed by atoms with Gasteiger partial charge in [0.25, 0.3) is 0 Å². The van der Waals surface area contributed by atoms with Crippen LogP contribution in [0.3, 0.4) is 0 Å². The molecule has 0 radical (unpaired) electrons. The minimum absolute atomic E-state index is 0.103. The zero-order chi connectivity index (χ0) is 10.1. The van der Waals surface area contributed by atoms with Crippen LogP contribution in [0.5, 0.6) is 0 Å². The Labute approximate surface area is 82.4 Å². The normalized spacial score (nSPS) is 10.7. The Bertz CT molecular complexity index is 485. The van der Waals surface area contributed by atoms with Crippen LogP contribution < -0.4 is 0 Å². The maximum Gasteiger partial charge on any atom is 0.183 e. The molecule has 3 heteroatoms. The summed E-state index contributed by atoms with van der Waals surface area (Å²) >= 11 is 0. The summed E-state index contributed by atoms with van der Waals surface area (Å²) in [5, 5.41) is 4.25. The summed E-state index contributed by atoms with van der Waals surface area (Å²) in [5.74, 6) is 0.103. The molecule has 14 heavy (non-hydrogen) atoms. The molecular formula is C11H12N2O. The largest absolute Gasteiger partial charge is 0.292 e. The summed E-state index contributed by atoms with van der Waals surface area (Å²) in [6.45, 7) is 3.79. The Kier molecular flexibility index (Phi) is 2.08. The van der Waals surface area contributed by atoms with Gasteiger partial charge in [0.05, 0.1) is 5.52 Å². The number of rotatable bonds is 2. The molecule has 0 aliphatic heterocycles. The van der Waals surface area contributed by atoms with Crippen LogP contribution in [0.15, 0.2) is 24.4 Å². The monoisotopic (exact) mass is 188 g/mol. The van der Waals surface area contributed by atoms with Crippen LogP contribution in [0, 0.1) is 6.92 Å². The van der Waals surface area contributed by atoms with E-state index in [0.717, 1.165) is 11.1 Å². The van der Waals surface area contributed by atoms with E-state index in [1.54, 1.807) is 4.52 Å². The van der Waals surface area contributed by atoms with Gasteiger partial charge in [0.1, 0.15) is 5.69 Å². The first-order chi connectivity index (χ1) is 6.74. The highest BCUT2D eigenvalue weighted by Crippen LogP contribution is 2.15. The molecule has 3 nitrogen and oxygen atoms in total. The lowest BCUT2D eigenvalue weighted by Gasteiger charge is -1.91. The number of hydrogen-bond donors (Lipinski definition) is 0. The van der Waals surface area contributed by atoms with Gasteiger partial charge in [0.2, 0.25) is 0 Å². The number of aryl methyl sites for hydroxylation is 1. The average molecular weight is 188 g/mol. The second kappa shape index (κ2) is 3.25. The average Bonchev–Trinajstić information content (AvgIpc) is 2.56. The Balaban J connectivity index is 2.68. The topological polar surface area (TPSA) is 34.4 Å². The third-order valence-corrected chi connectivity index (χ3v) is 2.37. The fourth-order valence-electron chi connectivity index (χ4n) is 1.55. The fraction of sp³-hybridized carbons (Fsp3) is 0.273. The molecule has 0 aliphatic rings. The summed E-state index contributed by atoms with van der Waals surface area (Å²) in [6.07, 6.45) is 2.36. The van der Waals surface area contributed by atoms with Crippen molar-refractivity contribution in [3.8, 4) is 0 Å². The van der Waals surface area contributed by atoms with Gasteiger partial charge in [-0.2, -0.15) is 5.10 Å². The maximum atomic E-state index is 11.5. The Morgan fingerprint density at radius 1 is 1.50 bits per heavy atom. The van der Waals surface area contributed by atoms with E-state index in [1.807, 2.05) is 38.2 Å². The molecule has 2 aromatic heterocycles. The molecule has 2 heterocycles. The summed E-state index contributed by atoms with van der Waals surface area (Å²) in [5.41, 5.74) is 2.57. The highest BCUT2D eigenvalue weighted by Gasteiger charge is 2.13. The molecule has 2 rings (SSSR count). The van der Waals surface area contributed by atoms with Crippen LogP contribution in [0.4, 0.5) is 0 Å². The molecule has 0 saturated heterocycles. The highest BCUT2D eigenvalue weighted by molar-refractivity contribution is 5.97. The minimum Gasteiger partial charge on any atom is -0.292 e. The second-order valence-corrected chi connectivity index (χ2v) is 3.28. The zero-order valence-corrected chi connectivity index (χ0v) is 8.32. The number of aromatic nitrogens is 2. The zero-order valence-electron chi connectivity index (χ0n) is 8.32. The van der Waals surface area contributed by atoms with Gasteiger partial charge in [-0.25, -0.2) is 4.52 Å². The number of fused-ring (bicyclic) bond motifs is 1. The van der Waals surface area contributed by atoms with Crippen molar-refractivity contribution in [2.75, 3.05) is 0 Å². The van der Waals surface area contributed by atoms with Gasteiger partial charge >= 0.3 is 0 Å². The van der Waals surface area contributed by atoms with E-state index >= 15 is 0 Å². The van der Waals surface area contributed by atoms with Crippen molar-refractivity contribution in [2.45, 2.75) is 20.3 Å². The van der Waals surface area contributed by atoms with Crippen LogP contribution >= 0.6 is 0 Å². The Morgan fingerprint density at radius 2 is 2.29 bits per heavy atom. The molecule has 0 amide bonds. The second-order valence-electron chi connectivity index (χ2n) is 3.28. The van der Waals surface area contributed by atoms with Crippen LogP contribution in [0.2, 0.25) is 0 Å². The van der Waals surface area contributed by atoms with Crippen molar-refractivity contribution >= 4 is 11.3 Å². The standard InChI is InChI=1S/C11H12N2O/c1-3-10(14)11-8(2)9-6-4-5-7-13(9)12-11/h4-7H,3H2,1-2H3. The van der Waals surface area contributed by atoms with Crippen molar-refractivity contribution in [1.82, 2.24) is 9.61 Å². The van der Waals surface area contributed by atoms with E-state index < -0.39 is 0 Å². The first-order valence-corrected chi connectivity index (χ1v) is 4.71. The number of ketones is 1. The molecule has 0 aliphatic carbocycles. The van der Waals surface area contributed by atoms with Crippen LogP contribution in [0.1, 0.15) is 29.4 Å². The Hall–Kier alpha value is -1.64. The highest BCUT2D eigenvalue weighted by atomic mass is 16.1. The molecule has 0 aromatic carbocycles. The molecule has 2 aromatic rings. The maximum absolute atomic E-state index is 11.5. The van der Waals surface area contributed by atoms with Crippen molar-refractivity contribution < 1.29 is 4.79 Å². The molecule has 72 valence electrons. The number of Topliss-reactive ketones (excluding diaryl/α,β-unsaturated/α-hetero) is 1. The molecule has 0 bridgehead atoms. The number of hydrogen-bond acceptors (Lipinski definition) is 2. The quantitative estimate of drug-likeness (QED) is 0.677. The molecule has 0 fully saturated rings. The first-order valence-electron chi connectivity index (χ1n) is 4.71. The SMILES string of the molecule is CCC(=O)c1nn2ccccc2c1C. The molecule has 0 N–H and O–H groups in total. The summed E-state index contributed by atoms with van der Waals surface area (Å²) in [6, 6.07) is 5.82. The lowest BCUT2D eigenvalue weighted by atomic mass is 10.1. The van der Waals surface area contributed by atoms with E-state index in [2.05, 4.69) is 5.10 Å².